The van der Waals surface area contributed by atoms with Crippen molar-refractivity contribution in [3.63, 3.8) is 0 Å². The van der Waals surface area contributed by atoms with Crippen molar-refractivity contribution in [2.24, 2.45) is 11.8 Å². The van der Waals surface area contributed by atoms with E-state index in [9.17, 15) is 4.79 Å². The summed E-state index contributed by atoms with van der Waals surface area (Å²) in [4.78, 5) is 11.3. The second-order valence-corrected chi connectivity index (χ2v) is 5.57. The molecule has 0 rings (SSSR count). The third-order valence-corrected chi connectivity index (χ3v) is 2.66. The Kier molecular flexibility index (Phi) is 8.83. The van der Waals surface area contributed by atoms with Gasteiger partial charge in [0.05, 0.1) is 6.61 Å². The van der Waals surface area contributed by atoms with E-state index in [1.54, 1.807) is 0 Å². The zero-order chi connectivity index (χ0) is 13.3. The lowest BCUT2D eigenvalue weighted by atomic mass is 10.0. The zero-order valence-electron chi connectivity index (χ0n) is 12.1. The molecule has 0 radical (unpaired) electrons. The van der Waals surface area contributed by atoms with Gasteiger partial charge in [0.1, 0.15) is 0 Å². The average Bonchev–Trinajstić information content (AvgIpc) is 2.15. The third-order valence-electron chi connectivity index (χ3n) is 2.66. The van der Waals surface area contributed by atoms with Gasteiger partial charge in [0.25, 0.3) is 0 Å². The Morgan fingerprint density at radius 2 is 1.82 bits per heavy atom. The van der Waals surface area contributed by atoms with Crippen LogP contribution in [0.4, 0.5) is 0 Å². The molecule has 0 aromatic heterocycles. The molecule has 0 aromatic rings. The normalized spacial score (nSPS) is 12.4. The van der Waals surface area contributed by atoms with Crippen LogP contribution >= 0.6 is 0 Å². The standard InChI is InChI=1S/C15H28O2/c1-12(2)7-6-8-14(5)9-10-17-15(16)11-13(3)4/h7,13-14H,6,8-11H2,1-5H3/t14-/m1/s1. The van der Waals surface area contributed by atoms with Crippen LogP contribution in [0, 0.1) is 11.8 Å². The van der Waals surface area contributed by atoms with Crippen molar-refractivity contribution >= 4 is 5.97 Å². The summed E-state index contributed by atoms with van der Waals surface area (Å²) in [6.07, 6.45) is 6.07. The number of carbonyl (C=O) groups is 1. The molecule has 100 valence electrons. The van der Waals surface area contributed by atoms with Crippen molar-refractivity contribution in [2.75, 3.05) is 6.61 Å². The minimum absolute atomic E-state index is 0.0588. The van der Waals surface area contributed by atoms with Gasteiger partial charge in [0, 0.05) is 6.42 Å². The van der Waals surface area contributed by atoms with E-state index in [0.29, 0.717) is 24.9 Å². The SMILES string of the molecule is CC(C)=CCC[C@@H](C)CCOC(=O)CC(C)C. The first-order chi connectivity index (χ1) is 7.91. The van der Waals surface area contributed by atoms with Gasteiger partial charge in [-0.25, -0.2) is 0 Å². The van der Waals surface area contributed by atoms with E-state index in [-0.39, 0.29) is 5.97 Å². The first-order valence-corrected chi connectivity index (χ1v) is 6.70. The maximum Gasteiger partial charge on any atom is 0.306 e. The first kappa shape index (κ1) is 16.2. The van der Waals surface area contributed by atoms with E-state index in [0.717, 1.165) is 12.8 Å². The summed E-state index contributed by atoms with van der Waals surface area (Å²) in [6, 6.07) is 0. The maximum atomic E-state index is 11.3. The van der Waals surface area contributed by atoms with Crippen molar-refractivity contribution in [1.29, 1.82) is 0 Å². The zero-order valence-corrected chi connectivity index (χ0v) is 12.1. The number of hydrogen-bond donors (Lipinski definition) is 0. The van der Waals surface area contributed by atoms with Crippen LogP contribution in [0.1, 0.15) is 60.3 Å². The lowest BCUT2D eigenvalue weighted by Gasteiger charge is -2.11. The van der Waals surface area contributed by atoms with Crippen LogP contribution in [0.15, 0.2) is 11.6 Å². The summed E-state index contributed by atoms with van der Waals surface area (Å²) in [5, 5.41) is 0. The lowest BCUT2D eigenvalue weighted by Crippen LogP contribution is -2.10. The van der Waals surface area contributed by atoms with Crippen molar-refractivity contribution in [3.8, 4) is 0 Å². The van der Waals surface area contributed by atoms with Crippen molar-refractivity contribution in [2.45, 2.75) is 60.3 Å². The van der Waals surface area contributed by atoms with Gasteiger partial charge in [-0.05, 0) is 44.9 Å². The largest absolute Gasteiger partial charge is 0.466 e. The Morgan fingerprint density at radius 1 is 1.18 bits per heavy atom. The van der Waals surface area contributed by atoms with Crippen molar-refractivity contribution in [3.05, 3.63) is 11.6 Å². The number of esters is 1. The fraction of sp³-hybridized carbons (Fsp3) is 0.800. The molecule has 2 heteroatoms. The molecule has 0 N–H and O–H groups in total. The topological polar surface area (TPSA) is 26.3 Å². The summed E-state index contributed by atoms with van der Waals surface area (Å²) in [5.41, 5.74) is 1.38. The number of allylic oxidation sites excluding steroid dienone is 2. The predicted octanol–water partition coefficient (Wildman–Crippen LogP) is 4.35. The van der Waals surface area contributed by atoms with Crippen LogP contribution in [0.25, 0.3) is 0 Å². The second kappa shape index (κ2) is 9.26. The Morgan fingerprint density at radius 3 is 2.35 bits per heavy atom. The summed E-state index contributed by atoms with van der Waals surface area (Å²) >= 11 is 0. The van der Waals surface area contributed by atoms with Gasteiger partial charge in [-0.2, -0.15) is 0 Å². The second-order valence-electron chi connectivity index (χ2n) is 5.57. The molecule has 0 amide bonds. The predicted molar refractivity (Wildman–Crippen MR) is 72.9 cm³/mol. The first-order valence-electron chi connectivity index (χ1n) is 6.70. The minimum atomic E-state index is -0.0588. The molecule has 1 atom stereocenters. The van der Waals surface area contributed by atoms with Gasteiger partial charge in [-0.1, -0.05) is 32.4 Å². The Labute approximate surface area is 106 Å². The van der Waals surface area contributed by atoms with Crippen molar-refractivity contribution < 1.29 is 9.53 Å². The highest BCUT2D eigenvalue weighted by Gasteiger charge is 2.07. The molecular formula is C15H28O2. The van der Waals surface area contributed by atoms with Crippen LogP contribution in [0.3, 0.4) is 0 Å². The quantitative estimate of drug-likeness (QED) is 0.466. The van der Waals surface area contributed by atoms with Gasteiger partial charge in [0.15, 0.2) is 0 Å². The molecule has 2 nitrogen and oxygen atoms in total. The molecule has 0 aliphatic heterocycles. The molecule has 0 heterocycles. The van der Waals surface area contributed by atoms with E-state index < -0.39 is 0 Å². The molecule has 0 saturated heterocycles. The molecule has 0 fully saturated rings. The third kappa shape index (κ3) is 11.5. The van der Waals surface area contributed by atoms with E-state index in [1.165, 1.54) is 12.0 Å². The Balaban J connectivity index is 3.54. The molecular weight excluding hydrogens is 212 g/mol. The summed E-state index contributed by atoms with van der Waals surface area (Å²) < 4.78 is 5.20. The molecule has 0 unspecified atom stereocenters. The molecule has 0 aliphatic rings. The van der Waals surface area contributed by atoms with E-state index in [4.69, 9.17) is 4.74 Å². The molecule has 0 aromatic carbocycles. The molecule has 0 bridgehead atoms. The van der Waals surface area contributed by atoms with Gasteiger partial charge >= 0.3 is 5.97 Å². The number of carbonyl (C=O) groups excluding carboxylic acids is 1. The molecule has 0 saturated carbocycles. The average molecular weight is 240 g/mol. The number of rotatable bonds is 8. The lowest BCUT2D eigenvalue weighted by molar-refractivity contribution is -0.144. The smallest absolute Gasteiger partial charge is 0.306 e. The number of ether oxygens (including phenoxy) is 1. The van der Waals surface area contributed by atoms with Gasteiger partial charge < -0.3 is 4.74 Å². The van der Waals surface area contributed by atoms with Crippen LogP contribution in [0.2, 0.25) is 0 Å². The van der Waals surface area contributed by atoms with Crippen LogP contribution in [-0.4, -0.2) is 12.6 Å². The van der Waals surface area contributed by atoms with E-state index >= 15 is 0 Å². The highest BCUT2D eigenvalue weighted by molar-refractivity contribution is 5.69. The van der Waals surface area contributed by atoms with Crippen LogP contribution < -0.4 is 0 Å². The fourth-order valence-corrected chi connectivity index (χ4v) is 1.57. The van der Waals surface area contributed by atoms with Gasteiger partial charge in [-0.15, -0.1) is 0 Å². The molecule has 0 spiro atoms. The summed E-state index contributed by atoms with van der Waals surface area (Å²) in [5.74, 6) is 0.950. The van der Waals surface area contributed by atoms with Crippen molar-refractivity contribution in [1.82, 2.24) is 0 Å². The van der Waals surface area contributed by atoms with Gasteiger partial charge in [0.2, 0.25) is 0 Å². The van der Waals surface area contributed by atoms with Crippen LogP contribution in [0.5, 0.6) is 0 Å². The summed E-state index contributed by atoms with van der Waals surface area (Å²) in [6.45, 7) is 11.1. The fourth-order valence-electron chi connectivity index (χ4n) is 1.57. The summed E-state index contributed by atoms with van der Waals surface area (Å²) in [7, 11) is 0. The van der Waals surface area contributed by atoms with Gasteiger partial charge in [-0.3, -0.25) is 4.79 Å². The highest BCUT2D eigenvalue weighted by atomic mass is 16.5. The van der Waals surface area contributed by atoms with Crippen LogP contribution in [-0.2, 0) is 9.53 Å². The minimum Gasteiger partial charge on any atom is -0.466 e. The Hall–Kier alpha value is -0.790. The highest BCUT2D eigenvalue weighted by Crippen LogP contribution is 2.12. The molecule has 17 heavy (non-hydrogen) atoms. The number of hydrogen-bond acceptors (Lipinski definition) is 2. The van der Waals surface area contributed by atoms with E-state index in [2.05, 4.69) is 26.8 Å². The Bertz CT molecular complexity index is 237. The monoisotopic (exact) mass is 240 g/mol. The van der Waals surface area contributed by atoms with E-state index in [1.807, 2.05) is 13.8 Å². The molecule has 0 aliphatic carbocycles. The maximum absolute atomic E-state index is 11.3.